The van der Waals surface area contributed by atoms with Crippen molar-refractivity contribution < 1.29 is 14.0 Å². The van der Waals surface area contributed by atoms with Crippen molar-refractivity contribution in [2.75, 3.05) is 18.4 Å². The molecule has 2 aliphatic rings. The molecular formula is C16H18ClFN2O2. The fraction of sp³-hybridized carbons (Fsp3) is 0.500. The van der Waals surface area contributed by atoms with Gasteiger partial charge >= 0.3 is 0 Å². The second-order valence-corrected chi connectivity index (χ2v) is 6.43. The molecule has 0 bridgehead atoms. The zero-order valence-corrected chi connectivity index (χ0v) is 13.0. The molecule has 1 aliphatic carbocycles. The topological polar surface area (TPSA) is 49.4 Å². The molecule has 2 fully saturated rings. The van der Waals surface area contributed by atoms with Gasteiger partial charge in [-0.3, -0.25) is 9.59 Å². The van der Waals surface area contributed by atoms with E-state index in [1.807, 2.05) is 0 Å². The average molecular weight is 325 g/mol. The van der Waals surface area contributed by atoms with Gasteiger partial charge in [-0.1, -0.05) is 11.6 Å². The molecule has 1 saturated heterocycles. The van der Waals surface area contributed by atoms with Crippen molar-refractivity contribution in [1.82, 2.24) is 4.90 Å². The molecule has 118 valence electrons. The largest absolute Gasteiger partial charge is 0.342 e. The SMILES string of the molecule is O=C(Nc1ccc(F)c(Cl)c1)C1(C(=O)N2CCCCC2)CC1. The van der Waals surface area contributed by atoms with Gasteiger partial charge in [0.1, 0.15) is 11.2 Å². The number of carbonyl (C=O) groups excluding carboxylic acids is 2. The van der Waals surface area contributed by atoms with E-state index in [0.29, 0.717) is 18.5 Å². The number of carbonyl (C=O) groups is 2. The number of anilines is 1. The summed E-state index contributed by atoms with van der Waals surface area (Å²) in [6.07, 6.45) is 4.28. The Hall–Kier alpha value is -1.62. The Morgan fingerprint density at radius 1 is 1.18 bits per heavy atom. The van der Waals surface area contributed by atoms with Crippen molar-refractivity contribution in [3.8, 4) is 0 Å². The fourth-order valence-corrected chi connectivity index (χ4v) is 3.07. The summed E-state index contributed by atoms with van der Waals surface area (Å²) in [5.41, 5.74) is -0.521. The minimum atomic E-state index is -0.932. The van der Waals surface area contributed by atoms with Gasteiger partial charge in [0.25, 0.3) is 0 Å². The summed E-state index contributed by atoms with van der Waals surface area (Å²) in [5, 5.41) is 2.64. The Labute approximate surface area is 133 Å². The Bertz CT molecular complexity index is 610. The van der Waals surface area contributed by atoms with E-state index < -0.39 is 11.2 Å². The molecule has 6 heteroatoms. The number of hydrogen-bond donors (Lipinski definition) is 1. The second kappa shape index (κ2) is 5.88. The Morgan fingerprint density at radius 2 is 1.86 bits per heavy atom. The van der Waals surface area contributed by atoms with Crippen LogP contribution in [0.25, 0.3) is 0 Å². The third-order valence-corrected chi connectivity index (χ3v) is 4.70. The Balaban J connectivity index is 1.70. The highest BCUT2D eigenvalue weighted by Gasteiger charge is 2.58. The third kappa shape index (κ3) is 2.82. The zero-order chi connectivity index (χ0) is 15.7. The number of benzene rings is 1. The van der Waals surface area contributed by atoms with Gasteiger partial charge in [-0.25, -0.2) is 4.39 Å². The first kappa shape index (κ1) is 15.3. The van der Waals surface area contributed by atoms with E-state index in [0.717, 1.165) is 32.4 Å². The summed E-state index contributed by atoms with van der Waals surface area (Å²) in [4.78, 5) is 26.9. The van der Waals surface area contributed by atoms with Gasteiger partial charge in [-0.2, -0.15) is 0 Å². The molecule has 0 unspecified atom stereocenters. The summed E-state index contributed by atoms with van der Waals surface area (Å²) < 4.78 is 13.1. The summed E-state index contributed by atoms with van der Waals surface area (Å²) in [5.74, 6) is -0.922. The van der Waals surface area contributed by atoms with E-state index in [4.69, 9.17) is 11.6 Å². The van der Waals surface area contributed by atoms with Gasteiger partial charge in [-0.05, 0) is 50.3 Å². The maximum absolute atomic E-state index is 13.1. The van der Waals surface area contributed by atoms with E-state index in [-0.39, 0.29) is 16.8 Å². The van der Waals surface area contributed by atoms with Crippen LogP contribution in [-0.2, 0) is 9.59 Å². The van der Waals surface area contributed by atoms with E-state index in [2.05, 4.69) is 5.32 Å². The lowest BCUT2D eigenvalue weighted by Crippen LogP contribution is -2.45. The van der Waals surface area contributed by atoms with Crippen LogP contribution in [0.5, 0.6) is 0 Å². The number of rotatable bonds is 3. The summed E-state index contributed by atoms with van der Waals surface area (Å²) in [6.45, 7) is 1.46. The molecule has 22 heavy (non-hydrogen) atoms. The van der Waals surface area contributed by atoms with Crippen LogP contribution in [0, 0.1) is 11.2 Å². The number of piperidine rings is 1. The third-order valence-electron chi connectivity index (χ3n) is 4.41. The first-order valence-electron chi connectivity index (χ1n) is 7.59. The molecule has 0 radical (unpaired) electrons. The summed E-state index contributed by atoms with van der Waals surface area (Å²) in [6, 6.07) is 4.00. The van der Waals surface area contributed by atoms with Crippen molar-refractivity contribution >= 4 is 29.1 Å². The highest BCUT2D eigenvalue weighted by atomic mass is 35.5. The quantitative estimate of drug-likeness (QED) is 0.868. The molecule has 4 nitrogen and oxygen atoms in total. The van der Waals surface area contributed by atoms with Crippen LogP contribution in [0.1, 0.15) is 32.1 Å². The van der Waals surface area contributed by atoms with Crippen LogP contribution < -0.4 is 5.32 Å². The van der Waals surface area contributed by atoms with E-state index in [1.165, 1.54) is 18.2 Å². The van der Waals surface area contributed by atoms with Crippen LogP contribution in [0.15, 0.2) is 18.2 Å². The van der Waals surface area contributed by atoms with Gasteiger partial charge in [0.05, 0.1) is 5.02 Å². The molecule has 1 saturated carbocycles. The second-order valence-electron chi connectivity index (χ2n) is 6.02. The van der Waals surface area contributed by atoms with Crippen LogP contribution in [0.3, 0.4) is 0 Å². The molecule has 0 aromatic heterocycles. The van der Waals surface area contributed by atoms with Gasteiger partial charge in [-0.15, -0.1) is 0 Å². The maximum atomic E-state index is 13.1. The predicted molar refractivity (Wildman–Crippen MR) is 82.1 cm³/mol. The normalized spacial score (nSPS) is 19.6. The zero-order valence-electron chi connectivity index (χ0n) is 12.2. The van der Waals surface area contributed by atoms with Crippen molar-refractivity contribution in [3.05, 3.63) is 29.0 Å². The lowest BCUT2D eigenvalue weighted by molar-refractivity contribution is -0.143. The monoisotopic (exact) mass is 324 g/mol. The van der Waals surface area contributed by atoms with Gasteiger partial charge < -0.3 is 10.2 Å². The molecule has 0 spiro atoms. The van der Waals surface area contributed by atoms with Crippen LogP contribution in [0.4, 0.5) is 10.1 Å². The maximum Gasteiger partial charge on any atom is 0.240 e. The number of amides is 2. The van der Waals surface area contributed by atoms with Gasteiger partial charge in [0.2, 0.25) is 11.8 Å². The number of likely N-dealkylation sites (tertiary alicyclic amines) is 1. The summed E-state index contributed by atoms with van der Waals surface area (Å²) >= 11 is 5.71. The van der Waals surface area contributed by atoms with Gasteiger partial charge in [0, 0.05) is 18.8 Å². The summed E-state index contributed by atoms with van der Waals surface area (Å²) in [7, 11) is 0. The standard InChI is InChI=1S/C16H18ClFN2O2/c17-12-10-11(4-5-13(12)18)19-14(21)16(6-7-16)15(22)20-8-2-1-3-9-20/h4-5,10H,1-3,6-9H2,(H,19,21). The van der Waals surface area contributed by atoms with E-state index >= 15 is 0 Å². The number of nitrogens with one attached hydrogen (secondary N) is 1. The number of halogens is 2. The van der Waals surface area contributed by atoms with Gasteiger partial charge in [0.15, 0.2) is 0 Å². The van der Waals surface area contributed by atoms with Crippen molar-refractivity contribution in [2.24, 2.45) is 5.41 Å². The number of hydrogen-bond acceptors (Lipinski definition) is 2. The molecule has 0 atom stereocenters. The lowest BCUT2D eigenvalue weighted by atomic mass is 10.0. The Morgan fingerprint density at radius 3 is 2.45 bits per heavy atom. The smallest absolute Gasteiger partial charge is 0.240 e. The molecular weight excluding hydrogens is 307 g/mol. The van der Waals surface area contributed by atoms with Crippen LogP contribution in [-0.4, -0.2) is 29.8 Å². The van der Waals surface area contributed by atoms with E-state index in [9.17, 15) is 14.0 Å². The molecule has 3 rings (SSSR count). The van der Waals surface area contributed by atoms with Crippen LogP contribution in [0.2, 0.25) is 5.02 Å². The number of nitrogens with zero attached hydrogens (tertiary/aromatic N) is 1. The Kier molecular flexibility index (Phi) is 4.08. The van der Waals surface area contributed by atoms with E-state index in [1.54, 1.807) is 4.90 Å². The average Bonchev–Trinajstić information content (AvgIpc) is 3.33. The molecule has 1 aliphatic heterocycles. The fourth-order valence-electron chi connectivity index (χ4n) is 2.89. The molecule has 1 heterocycles. The highest BCUT2D eigenvalue weighted by Crippen LogP contribution is 2.48. The van der Waals surface area contributed by atoms with Crippen molar-refractivity contribution in [3.63, 3.8) is 0 Å². The lowest BCUT2D eigenvalue weighted by Gasteiger charge is -2.30. The first-order chi connectivity index (χ1) is 10.5. The minimum absolute atomic E-state index is 0.0509. The molecule has 1 aromatic rings. The van der Waals surface area contributed by atoms with Crippen molar-refractivity contribution in [2.45, 2.75) is 32.1 Å². The van der Waals surface area contributed by atoms with Crippen LogP contribution >= 0.6 is 11.6 Å². The predicted octanol–water partition coefficient (Wildman–Crippen LogP) is 3.21. The minimum Gasteiger partial charge on any atom is -0.342 e. The van der Waals surface area contributed by atoms with Crippen molar-refractivity contribution in [1.29, 1.82) is 0 Å². The molecule has 1 N–H and O–H groups in total. The highest BCUT2D eigenvalue weighted by molar-refractivity contribution is 6.31. The molecule has 2 amide bonds. The first-order valence-corrected chi connectivity index (χ1v) is 7.97. The molecule has 1 aromatic carbocycles.